The van der Waals surface area contributed by atoms with Crippen LogP contribution in [0.15, 0.2) is 10.2 Å². The first-order chi connectivity index (χ1) is 9.00. The average Bonchev–Trinajstić information content (AvgIpc) is 2.93. The summed E-state index contributed by atoms with van der Waals surface area (Å²) in [5, 5.41) is 14.7. The van der Waals surface area contributed by atoms with Gasteiger partial charge < -0.3 is 15.0 Å². The number of hydrogen-bond donors (Lipinski definition) is 2. The summed E-state index contributed by atoms with van der Waals surface area (Å²) in [4.78, 5) is 23.2. The second kappa shape index (κ2) is 5.88. The number of carbonyl (C=O) groups is 1. The van der Waals surface area contributed by atoms with Gasteiger partial charge in [0.1, 0.15) is 0 Å². The van der Waals surface area contributed by atoms with Crippen LogP contribution in [0.3, 0.4) is 0 Å². The molecule has 1 aromatic heterocycles. The Morgan fingerprint density at radius 1 is 1.53 bits per heavy atom. The number of aliphatic hydroxyl groups is 1. The minimum Gasteiger partial charge on any atom is -0.388 e. The zero-order valence-corrected chi connectivity index (χ0v) is 12.0. The molecule has 0 bridgehead atoms. The molecule has 2 N–H and O–H groups in total. The summed E-state index contributed by atoms with van der Waals surface area (Å²) in [6, 6.07) is 0. The number of carbonyl (C=O) groups excluding carboxylic acids is 1. The Bertz CT molecular complexity index is 500. The minimum absolute atomic E-state index is 0.0280. The lowest BCUT2D eigenvalue weighted by atomic mass is 10.0. The van der Waals surface area contributed by atoms with E-state index in [4.69, 9.17) is 0 Å². The molecular formula is C13H20N2O3S. The maximum atomic E-state index is 11.7. The van der Waals surface area contributed by atoms with Crippen molar-refractivity contribution in [3.63, 3.8) is 0 Å². The molecule has 1 aliphatic carbocycles. The van der Waals surface area contributed by atoms with Crippen molar-refractivity contribution in [2.75, 3.05) is 6.54 Å². The Labute approximate surface area is 116 Å². The van der Waals surface area contributed by atoms with Gasteiger partial charge in [0.05, 0.1) is 5.60 Å². The van der Waals surface area contributed by atoms with Crippen LogP contribution < -0.4 is 10.2 Å². The fraction of sp³-hybridized carbons (Fsp3) is 0.692. The van der Waals surface area contributed by atoms with Crippen LogP contribution in [-0.2, 0) is 11.3 Å². The van der Waals surface area contributed by atoms with E-state index < -0.39 is 5.60 Å². The molecule has 1 fully saturated rings. The molecule has 2 rings (SSSR count). The number of thiazole rings is 1. The van der Waals surface area contributed by atoms with Crippen molar-refractivity contribution >= 4 is 17.2 Å². The molecule has 0 unspecified atom stereocenters. The Kier molecular flexibility index (Phi) is 4.42. The highest BCUT2D eigenvalue weighted by molar-refractivity contribution is 7.07. The lowest BCUT2D eigenvalue weighted by molar-refractivity contribution is -0.122. The Morgan fingerprint density at radius 3 is 2.79 bits per heavy atom. The number of nitrogens with zero attached hydrogens (tertiary/aromatic N) is 1. The van der Waals surface area contributed by atoms with E-state index in [0.717, 1.165) is 42.7 Å². The van der Waals surface area contributed by atoms with Gasteiger partial charge in [0.15, 0.2) is 0 Å². The highest BCUT2D eigenvalue weighted by atomic mass is 32.1. The first-order valence-corrected chi connectivity index (χ1v) is 7.52. The fourth-order valence-electron chi connectivity index (χ4n) is 2.45. The second-order valence-electron chi connectivity index (χ2n) is 5.25. The molecule has 1 amide bonds. The van der Waals surface area contributed by atoms with Crippen LogP contribution in [0, 0.1) is 6.92 Å². The van der Waals surface area contributed by atoms with Crippen LogP contribution in [-0.4, -0.2) is 27.7 Å². The van der Waals surface area contributed by atoms with Crippen LogP contribution in [0.25, 0.3) is 0 Å². The third-order valence-corrected chi connectivity index (χ3v) is 4.57. The molecule has 1 aromatic rings. The van der Waals surface area contributed by atoms with Crippen molar-refractivity contribution in [1.29, 1.82) is 0 Å². The van der Waals surface area contributed by atoms with Gasteiger partial charge in [0.2, 0.25) is 5.91 Å². The molecule has 0 spiro atoms. The zero-order chi connectivity index (χ0) is 13.9. The van der Waals surface area contributed by atoms with E-state index in [1.54, 1.807) is 9.95 Å². The standard InChI is InChI=1S/C13H20N2O3S/c1-10-8-19-12(17)15(10)7-4-11(16)14-9-13(18)5-2-3-6-13/h8,18H,2-7,9H2,1H3,(H,14,16). The predicted octanol–water partition coefficient (Wildman–Crippen LogP) is 1.03. The van der Waals surface area contributed by atoms with Gasteiger partial charge in [0.25, 0.3) is 0 Å². The monoisotopic (exact) mass is 284 g/mol. The number of nitrogens with one attached hydrogen (secondary N) is 1. The quantitative estimate of drug-likeness (QED) is 0.848. The van der Waals surface area contributed by atoms with Crippen LogP contribution >= 0.6 is 11.3 Å². The van der Waals surface area contributed by atoms with Gasteiger partial charge in [-0.15, -0.1) is 0 Å². The van der Waals surface area contributed by atoms with E-state index in [1.165, 1.54) is 0 Å². The van der Waals surface area contributed by atoms with Crippen molar-refractivity contribution in [2.24, 2.45) is 0 Å². The molecule has 0 atom stereocenters. The molecule has 19 heavy (non-hydrogen) atoms. The van der Waals surface area contributed by atoms with Gasteiger partial charge in [-0.05, 0) is 19.8 Å². The van der Waals surface area contributed by atoms with Crippen molar-refractivity contribution < 1.29 is 9.90 Å². The third-order valence-electron chi connectivity index (χ3n) is 3.69. The Hall–Kier alpha value is -1.14. The molecule has 1 heterocycles. The first-order valence-electron chi connectivity index (χ1n) is 6.64. The summed E-state index contributed by atoms with van der Waals surface area (Å²) in [7, 11) is 0. The minimum atomic E-state index is -0.717. The van der Waals surface area contributed by atoms with Crippen LogP contribution in [0.2, 0.25) is 0 Å². The van der Waals surface area contributed by atoms with E-state index >= 15 is 0 Å². The third kappa shape index (κ3) is 3.67. The zero-order valence-electron chi connectivity index (χ0n) is 11.1. The van der Waals surface area contributed by atoms with Gasteiger partial charge in [0, 0.05) is 30.6 Å². The topological polar surface area (TPSA) is 71.3 Å². The van der Waals surface area contributed by atoms with Gasteiger partial charge >= 0.3 is 4.87 Å². The predicted molar refractivity (Wildman–Crippen MR) is 74.4 cm³/mol. The smallest absolute Gasteiger partial charge is 0.307 e. The first kappa shape index (κ1) is 14.3. The highest BCUT2D eigenvalue weighted by Gasteiger charge is 2.31. The summed E-state index contributed by atoms with van der Waals surface area (Å²) in [5.74, 6) is -0.113. The van der Waals surface area contributed by atoms with E-state index in [9.17, 15) is 14.7 Å². The lowest BCUT2D eigenvalue weighted by Crippen LogP contribution is -2.41. The number of aryl methyl sites for hydroxylation is 1. The van der Waals surface area contributed by atoms with Gasteiger partial charge in [-0.1, -0.05) is 24.2 Å². The number of amides is 1. The van der Waals surface area contributed by atoms with Crippen molar-refractivity contribution in [3.05, 3.63) is 20.7 Å². The van der Waals surface area contributed by atoms with E-state index in [0.29, 0.717) is 13.1 Å². The second-order valence-corrected chi connectivity index (χ2v) is 6.07. The number of rotatable bonds is 5. The van der Waals surface area contributed by atoms with Crippen LogP contribution in [0.1, 0.15) is 37.8 Å². The molecular weight excluding hydrogens is 264 g/mol. The SMILES string of the molecule is Cc1csc(=O)n1CCC(=O)NCC1(O)CCCC1. The van der Waals surface area contributed by atoms with Gasteiger partial charge in [-0.2, -0.15) is 0 Å². The fourth-order valence-corrected chi connectivity index (χ4v) is 3.21. The summed E-state index contributed by atoms with van der Waals surface area (Å²) < 4.78 is 1.61. The molecule has 5 nitrogen and oxygen atoms in total. The van der Waals surface area contributed by atoms with E-state index in [1.807, 2.05) is 6.92 Å². The largest absolute Gasteiger partial charge is 0.388 e. The van der Waals surface area contributed by atoms with E-state index in [2.05, 4.69) is 5.32 Å². The van der Waals surface area contributed by atoms with Crippen LogP contribution in [0.5, 0.6) is 0 Å². The summed E-state index contributed by atoms with van der Waals surface area (Å²) in [6.45, 7) is 2.58. The molecule has 6 heteroatoms. The maximum absolute atomic E-state index is 11.7. The molecule has 0 aromatic carbocycles. The lowest BCUT2D eigenvalue weighted by Gasteiger charge is -2.22. The van der Waals surface area contributed by atoms with Gasteiger partial charge in [-0.3, -0.25) is 9.59 Å². The van der Waals surface area contributed by atoms with Crippen molar-refractivity contribution in [1.82, 2.24) is 9.88 Å². The Morgan fingerprint density at radius 2 is 2.21 bits per heavy atom. The highest BCUT2D eigenvalue weighted by Crippen LogP contribution is 2.28. The van der Waals surface area contributed by atoms with Crippen molar-refractivity contribution in [2.45, 2.75) is 51.2 Å². The maximum Gasteiger partial charge on any atom is 0.307 e. The normalized spacial score (nSPS) is 17.6. The van der Waals surface area contributed by atoms with Gasteiger partial charge in [-0.25, -0.2) is 0 Å². The van der Waals surface area contributed by atoms with Crippen LogP contribution in [0.4, 0.5) is 0 Å². The average molecular weight is 284 g/mol. The summed E-state index contributed by atoms with van der Waals surface area (Å²) in [5.41, 5.74) is 0.169. The Balaban J connectivity index is 1.77. The molecule has 106 valence electrons. The van der Waals surface area contributed by atoms with E-state index in [-0.39, 0.29) is 17.2 Å². The molecule has 0 saturated heterocycles. The molecule has 1 saturated carbocycles. The van der Waals surface area contributed by atoms with Crippen molar-refractivity contribution in [3.8, 4) is 0 Å². The molecule has 1 aliphatic rings. The summed E-state index contributed by atoms with van der Waals surface area (Å²) in [6.07, 6.45) is 3.84. The summed E-state index contributed by atoms with van der Waals surface area (Å²) >= 11 is 1.15. The number of hydrogen-bond acceptors (Lipinski definition) is 4. The molecule has 0 aliphatic heterocycles. The molecule has 0 radical (unpaired) electrons. The number of aromatic nitrogens is 1.